The van der Waals surface area contributed by atoms with Crippen molar-refractivity contribution in [3.63, 3.8) is 0 Å². The Labute approximate surface area is 169 Å². The van der Waals surface area contributed by atoms with Gasteiger partial charge in [-0.2, -0.15) is 4.31 Å². The third kappa shape index (κ3) is 4.21. The van der Waals surface area contributed by atoms with Gasteiger partial charge in [0.15, 0.2) is 11.6 Å². The van der Waals surface area contributed by atoms with Crippen molar-refractivity contribution in [1.82, 2.24) is 14.5 Å². The lowest BCUT2D eigenvalue weighted by molar-refractivity contribution is 0.383. The van der Waals surface area contributed by atoms with Crippen LogP contribution in [0.3, 0.4) is 0 Å². The van der Waals surface area contributed by atoms with E-state index in [0.717, 1.165) is 36.9 Å². The van der Waals surface area contributed by atoms with Crippen molar-refractivity contribution in [3.8, 4) is 0 Å². The summed E-state index contributed by atoms with van der Waals surface area (Å²) in [5.41, 5.74) is 0. The average Bonchev–Trinajstić information content (AvgIpc) is 2.71. The van der Waals surface area contributed by atoms with Crippen LogP contribution in [0.5, 0.6) is 0 Å². The minimum Gasteiger partial charge on any atom is -0.356 e. The third-order valence-electron chi connectivity index (χ3n) is 4.82. The first kappa shape index (κ1) is 20.8. The number of anilines is 2. The number of rotatable bonds is 6. The summed E-state index contributed by atoms with van der Waals surface area (Å²) in [6, 6.07) is 7.29. The van der Waals surface area contributed by atoms with E-state index in [-0.39, 0.29) is 9.92 Å². The Morgan fingerprint density at radius 2 is 1.75 bits per heavy atom. The number of aromatic nitrogens is 2. The zero-order valence-electron chi connectivity index (χ0n) is 15.8. The Morgan fingerprint density at radius 1 is 1.07 bits per heavy atom. The fraction of sp³-hybridized carbons (Fsp3) is 0.444. The highest BCUT2D eigenvalue weighted by Crippen LogP contribution is 2.24. The van der Waals surface area contributed by atoms with E-state index in [1.54, 1.807) is 0 Å². The normalized spacial score (nSPS) is 15.6. The number of nitrogens with zero attached hydrogens (tertiary/aromatic N) is 5. The summed E-state index contributed by atoms with van der Waals surface area (Å²) in [5.74, 6) is 0.901. The molecule has 10 heteroatoms. The Balaban J connectivity index is 1.67. The standard InChI is InChI=1S/C18H23ClFN5O2S/c1-3-23(4-2)17-7-8-18(22-21-17)24-9-11-25(12-10-24)28(26,27)14-5-6-16(20)15(19)13-14/h5-8,13H,3-4,9-12H2,1-2H3. The number of halogens is 2. The summed E-state index contributed by atoms with van der Waals surface area (Å²) in [6.45, 7) is 7.43. The zero-order chi connectivity index (χ0) is 20.3. The highest BCUT2D eigenvalue weighted by molar-refractivity contribution is 7.89. The van der Waals surface area contributed by atoms with Gasteiger partial charge in [0.1, 0.15) is 5.82 Å². The fourth-order valence-electron chi connectivity index (χ4n) is 3.15. The summed E-state index contributed by atoms with van der Waals surface area (Å²) < 4.78 is 40.3. The molecular formula is C18H23ClFN5O2S. The molecule has 0 aliphatic carbocycles. The molecule has 7 nitrogen and oxygen atoms in total. The smallest absolute Gasteiger partial charge is 0.243 e. The van der Waals surface area contributed by atoms with Crippen LogP contribution in [-0.2, 0) is 10.0 Å². The SMILES string of the molecule is CCN(CC)c1ccc(N2CCN(S(=O)(=O)c3ccc(F)c(Cl)c3)CC2)nn1. The van der Waals surface area contributed by atoms with Crippen LogP contribution in [0.1, 0.15) is 13.8 Å². The maximum absolute atomic E-state index is 13.3. The highest BCUT2D eigenvalue weighted by Gasteiger charge is 2.29. The summed E-state index contributed by atoms with van der Waals surface area (Å²) in [4.78, 5) is 4.10. The van der Waals surface area contributed by atoms with Crippen molar-refractivity contribution >= 4 is 33.3 Å². The van der Waals surface area contributed by atoms with Crippen LogP contribution < -0.4 is 9.80 Å². The Bertz CT molecular complexity index is 914. The number of sulfonamides is 1. The van der Waals surface area contributed by atoms with E-state index in [1.165, 1.54) is 10.4 Å². The highest BCUT2D eigenvalue weighted by atomic mass is 35.5. The Hall–Kier alpha value is -1.97. The summed E-state index contributed by atoms with van der Waals surface area (Å²) >= 11 is 5.73. The van der Waals surface area contributed by atoms with Gasteiger partial charge in [-0.15, -0.1) is 10.2 Å². The number of hydrogen-bond acceptors (Lipinski definition) is 6. The second-order valence-electron chi connectivity index (χ2n) is 6.39. The molecule has 0 N–H and O–H groups in total. The van der Waals surface area contributed by atoms with Gasteiger partial charge >= 0.3 is 0 Å². The molecule has 28 heavy (non-hydrogen) atoms. The van der Waals surface area contributed by atoms with Crippen molar-refractivity contribution in [1.29, 1.82) is 0 Å². The second kappa shape index (κ2) is 8.59. The van der Waals surface area contributed by atoms with Gasteiger partial charge in [0, 0.05) is 39.3 Å². The van der Waals surface area contributed by atoms with Gasteiger partial charge in [-0.1, -0.05) is 11.6 Å². The maximum Gasteiger partial charge on any atom is 0.243 e. The van der Waals surface area contributed by atoms with Crippen molar-refractivity contribution < 1.29 is 12.8 Å². The molecule has 0 spiro atoms. The van der Waals surface area contributed by atoms with Gasteiger partial charge in [-0.3, -0.25) is 0 Å². The maximum atomic E-state index is 13.3. The van der Waals surface area contributed by atoms with E-state index >= 15 is 0 Å². The molecule has 0 atom stereocenters. The molecule has 1 aliphatic rings. The summed E-state index contributed by atoms with van der Waals surface area (Å²) in [5, 5.41) is 8.37. The van der Waals surface area contributed by atoms with Gasteiger partial charge < -0.3 is 9.80 Å². The monoisotopic (exact) mass is 427 g/mol. The molecule has 0 unspecified atom stereocenters. The molecule has 1 aromatic carbocycles. The van der Waals surface area contributed by atoms with E-state index in [0.29, 0.717) is 26.2 Å². The molecule has 152 valence electrons. The van der Waals surface area contributed by atoms with Crippen molar-refractivity contribution in [2.45, 2.75) is 18.7 Å². The van der Waals surface area contributed by atoms with Crippen molar-refractivity contribution in [2.75, 3.05) is 49.1 Å². The molecule has 1 saturated heterocycles. The third-order valence-corrected chi connectivity index (χ3v) is 7.00. The molecule has 1 aliphatic heterocycles. The fourth-order valence-corrected chi connectivity index (χ4v) is 4.84. The lowest BCUT2D eigenvalue weighted by atomic mass is 10.3. The second-order valence-corrected chi connectivity index (χ2v) is 8.73. The first-order chi connectivity index (χ1) is 13.4. The van der Waals surface area contributed by atoms with E-state index in [9.17, 15) is 12.8 Å². The molecule has 1 aromatic heterocycles. The van der Waals surface area contributed by atoms with Crippen LogP contribution >= 0.6 is 11.6 Å². The molecule has 2 heterocycles. The van der Waals surface area contributed by atoms with E-state index in [4.69, 9.17) is 11.6 Å². The molecule has 3 rings (SSSR count). The average molecular weight is 428 g/mol. The van der Waals surface area contributed by atoms with E-state index in [1.807, 2.05) is 17.0 Å². The molecule has 0 radical (unpaired) electrons. The first-order valence-electron chi connectivity index (χ1n) is 9.15. The quantitative estimate of drug-likeness (QED) is 0.705. The molecule has 0 saturated carbocycles. The minimum absolute atomic E-state index is 0.00397. The minimum atomic E-state index is -3.72. The van der Waals surface area contributed by atoms with Crippen LogP contribution in [0, 0.1) is 5.82 Å². The predicted molar refractivity (Wildman–Crippen MR) is 108 cm³/mol. The molecule has 1 fully saturated rings. The molecule has 0 amide bonds. The van der Waals surface area contributed by atoms with Crippen LogP contribution in [0.2, 0.25) is 5.02 Å². The van der Waals surface area contributed by atoms with E-state index in [2.05, 4.69) is 28.9 Å². The number of piperazine rings is 1. The van der Waals surface area contributed by atoms with Gasteiger partial charge in [-0.25, -0.2) is 12.8 Å². The lowest BCUT2D eigenvalue weighted by Gasteiger charge is -2.34. The molecule has 0 bridgehead atoms. The van der Waals surface area contributed by atoms with Gasteiger partial charge in [-0.05, 0) is 44.2 Å². The van der Waals surface area contributed by atoms with Crippen LogP contribution in [0.4, 0.5) is 16.0 Å². The van der Waals surface area contributed by atoms with Gasteiger partial charge in [0.25, 0.3) is 0 Å². The predicted octanol–water partition coefficient (Wildman–Crippen LogP) is 2.63. The van der Waals surface area contributed by atoms with E-state index < -0.39 is 15.8 Å². The van der Waals surface area contributed by atoms with Crippen LogP contribution in [0.15, 0.2) is 35.2 Å². The van der Waals surface area contributed by atoms with Crippen LogP contribution in [-0.4, -0.2) is 62.2 Å². The van der Waals surface area contributed by atoms with Crippen molar-refractivity contribution in [2.24, 2.45) is 0 Å². The first-order valence-corrected chi connectivity index (χ1v) is 11.0. The van der Waals surface area contributed by atoms with Crippen molar-refractivity contribution in [3.05, 3.63) is 41.2 Å². The Morgan fingerprint density at radius 3 is 2.29 bits per heavy atom. The zero-order valence-corrected chi connectivity index (χ0v) is 17.4. The van der Waals surface area contributed by atoms with Gasteiger partial charge in [0.05, 0.1) is 9.92 Å². The topological polar surface area (TPSA) is 69.6 Å². The van der Waals surface area contributed by atoms with Crippen LogP contribution in [0.25, 0.3) is 0 Å². The number of hydrogen-bond donors (Lipinski definition) is 0. The molecular weight excluding hydrogens is 405 g/mol. The number of benzene rings is 1. The largest absolute Gasteiger partial charge is 0.356 e. The van der Waals surface area contributed by atoms with Gasteiger partial charge in [0.2, 0.25) is 10.0 Å². The lowest BCUT2D eigenvalue weighted by Crippen LogP contribution is -2.49. The summed E-state index contributed by atoms with van der Waals surface area (Å²) in [7, 11) is -3.72. The Kier molecular flexibility index (Phi) is 6.36. The molecule has 2 aromatic rings. The summed E-state index contributed by atoms with van der Waals surface area (Å²) in [6.07, 6.45) is 0.